The molecule has 0 fully saturated rings. The Morgan fingerprint density at radius 3 is 2.24 bits per heavy atom. The smallest absolute Gasteiger partial charge is 0.224 e. The Kier molecular flexibility index (Phi) is 6.97. The molecular formula is C24H21Cl2NO2. The molecule has 0 aliphatic carbocycles. The standard InChI is InChI=1S/C24H21Cl2NO2/c1-17(28)27(16-18-6-4-3-5-7-18)24(20-9-11-21(29-2)12-10-20)15-19-8-13-22(25)23(26)14-19/h3-15H,16H2,1-2H3/b24-15-. The quantitative estimate of drug-likeness (QED) is 0.419. The van der Waals surface area contributed by atoms with Crippen molar-refractivity contribution in [3.8, 4) is 5.75 Å². The molecule has 0 aromatic heterocycles. The molecule has 0 spiro atoms. The van der Waals surface area contributed by atoms with Crippen molar-refractivity contribution in [2.75, 3.05) is 7.11 Å². The summed E-state index contributed by atoms with van der Waals surface area (Å²) in [5.41, 5.74) is 3.55. The van der Waals surface area contributed by atoms with Gasteiger partial charge >= 0.3 is 0 Å². The van der Waals surface area contributed by atoms with Gasteiger partial charge in [0.1, 0.15) is 5.75 Å². The summed E-state index contributed by atoms with van der Waals surface area (Å²) in [6.07, 6.45) is 1.94. The van der Waals surface area contributed by atoms with E-state index < -0.39 is 0 Å². The summed E-state index contributed by atoms with van der Waals surface area (Å²) in [6, 6.07) is 22.9. The van der Waals surface area contributed by atoms with Crippen molar-refractivity contribution in [3.05, 3.63) is 99.5 Å². The predicted molar refractivity (Wildman–Crippen MR) is 120 cm³/mol. The summed E-state index contributed by atoms with van der Waals surface area (Å²) in [7, 11) is 1.62. The number of hydrogen-bond donors (Lipinski definition) is 0. The molecule has 0 aliphatic rings. The molecule has 29 heavy (non-hydrogen) atoms. The number of rotatable bonds is 6. The number of halogens is 2. The van der Waals surface area contributed by atoms with E-state index in [0.717, 1.165) is 28.1 Å². The highest BCUT2D eigenvalue weighted by Crippen LogP contribution is 2.29. The average molecular weight is 426 g/mol. The van der Waals surface area contributed by atoms with Gasteiger partial charge in [-0.25, -0.2) is 0 Å². The minimum absolute atomic E-state index is 0.0593. The van der Waals surface area contributed by atoms with Gasteiger partial charge in [-0.3, -0.25) is 4.79 Å². The summed E-state index contributed by atoms with van der Waals surface area (Å²) < 4.78 is 5.27. The van der Waals surface area contributed by atoms with Crippen LogP contribution in [0.4, 0.5) is 0 Å². The SMILES string of the molecule is COc1ccc(/C(=C/c2ccc(Cl)c(Cl)c2)N(Cc2ccccc2)C(C)=O)cc1. The van der Waals surface area contributed by atoms with Crippen LogP contribution >= 0.6 is 23.2 Å². The fraction of sp³-hybridized carbons (Fsp3) is 0.125. The highest BCUT2D eigenvalue weighted by atomic mass is 35.5. The van der Waals surface area contributed by atoms with E-state index in [1.165, 1.54) is 0 Å². The third kappa shape index (κ3) is 5.41. The van der Waals surface area contributed by atoms with E-state index in [1.54, 1.807) is 31.1 Å². The van der Waals surface area contributed by atoms with Crippen molar-refractivity contribution >= 4 is 40.9 Å². The van der Waals surface area contributed by atoms with Gasteiger partial charge in [-0.15, -0.1) is 0 Å². The van der Waals surface area contributed by atoms with Crippen LogP contribution in [0.25, 0.3) is 11.8 Å². The molecule has 0 aliphatic heterocycles. The summed E-state index contributed by atoms with van der Waals surface area (Å²) >= 11 is 12.3. The van der Waals surface area contributed by atoms with Crippen LogP contribution < -0.4 is 4.74 Å². The first kappa shape index (κ1) is 21.0. The van der Waals surface area contributed by atoms with Crippen molar-refractivity contribution in [1.82, 2.24) is 4.90 Å². The Morgan fingerprint density at radius 1 is 0.966 bits per heavy atom. The number of amides is 1. The van der Waals surface area contributed by atoms with Gasteiger partial charge in [0, 0.05) is 6.92 Å². The minimum Gasteiger partial charge on any atom is -0.497 e. The Hall–Kier alpha value is -2.75. The number of ether oxygens (including phenoxy) is 1. The Balaban J connectivity index is 2.09. The number of benzene rings is 3. The first-order valence-electron chi connectivity index (χ1n) is 9.11. The van der Waals surface area contributed by atoms with Crippen LogP contribution in [0.1, 0.15) is 23.6 Å². The van der Waals surface area contributed by atoms with E-state index in [2.05, 4.69) is 0 Å². The van der Waals surface area contributed by atoms with Gasteiger partial charge in [0.15, 0.2) is 0 Å². The van der Waals surface area contributed by atoms with Crippen LogP contribution in [0.2, 0.25) is 10.0 Å². The molecule has 0 unspecified atom stereocenters. The molecule has 3 nitrogen and oxygen atoms in total. The third-order valence-electron chi connectivity index (χ3n) is 4.49. The van der Waals surface area contributed by atoms with E-state index >= 15 is 0 Å². The number of carbonyl (C=O) groups excluding carboxylic acids is 1. The van der Waals surface area contributed by atoms with E-state index in [1.807, 2.05) is 66.7 Å². The third-order valence-corrected chi connectivity index (χ3v) is 5.23. The molecule has 0 radical (unpaired) electrons. The number of nitrogens with zero attached hydrogens (tertiary/aromatic N) is 1. The molecule has 0 bridgehead atoms. The molecule has 0 N–H and O–H groups in total. The Labute approximate surface area is 181 Å². The molecular weight excluding hydrogens is 405 g/mol. The topological polar surface area (TPSA) is 29.5 Å². The van der Waals surface area contributed by atoms with Crippen molar-refractivity contribution in [2.45, 2.75) is 13.5 Å². The zero-order valence-corrected chi connectivity index (χ0v) is 17.7. The first-order valence-corrected chi connectivity index (χ1v) is 9.86. The summed E-state index contributed by atoms with van der Waals surface area (Å²) in [5, 5.41) is 0.953. The molecule has 0 saturated heterocycles. The van der Waals surface area contributed by atoms with Crippen LogP contribution in [0.5, 0.6) is 5.75 Å². The maximum atomic E-state index is 12.6. The second-order valence-electron chi connectivity index (χ2n) is 6.52. The summed E-state index contributed by atoms with van der Waals surface area (Å²) in [5.74, 6) is 0.691. The average Bonchev–Trinajstić information content (AvgIpc) is 2.74. The fourth-order valence-electron chi connectivity index (χ4n) is 2.97. The molecule has 5 heteroatoms. The maximum Gasteiger partial charge on any atom is 0.224 e. The zero-order chi connectivity index (χ0) is 20.8. The lowest BCUT2D eigenvalue weighted by molar-refractivity contribution is -0.126. The van der Waals surface area contributed by atoms with Gasteiger partial charge in [0.25, 0.3) is 0 Å². The van der Waals surface area contributed by atoms with Crippen molar-refractivity contribution in [1.29, 1.82) is 0 Å². The molecule has 3 rings (SSSR count). The van der Waals surface area contributed by atoms with Crippen LogP contribution in [-0.4, -0.2) is 17.9 Å². The lowest BCUT2D eigenvalue weighted by Crippen LogP contribution is -2.26. The van der Waals surface area contributed by atoms with Crippen molar-refractivity contribution in [2.24, 2.45) is 0 Å². The van der Waals surface area contributed by atoms with Crippen molar-refractivity contribution in [3.63, 3.8) is 0 Å². The molecule has 3 aromatic rings. The van der Waals surface area contributed by atoms with E-state index in [0.29, 0.717) is 16.6 Å². The monoisotopic (exact) mass is 425 g/mol. The van der Waals surface area contributed by atoms with Crippen LogP contribution in [0.3, 0.4) is 0 Å². The van der Waals surface area contributed by atoms with Gasteiger partial charge in [0.2, 0.25) is 5.91 Å². The number of hydrogen-bond acceptors (Lipinski definition) is 2. The molecule has 148 valence electrons. The largest absolute Gasteiger partial charge is 0.497 e. The number of carbonyl (C=O) groups is 1. The molecule has 3 aromatic carbocycles. The molecule has 1 amide bonds. The maximum absolute atomic E-state index is 12.6. The Morgan fingerprint density at radius 2 is 1.66 bits per heavy atom. The normalized spacial score (nSPS) is 11.2. The van der Waals surface area contributed by atoms with Crippen LogP contribution in [0.15, 0.2) is 72.8 Å². The highest BCUT2D eigenvalue weighted by Gasteiger charge is 2.17. The lowest BCUT2D eigenvalue weighted by Gasteiger charge is -2.25. The second-order valence-corrected chi connectivity index (χ2v) is 7.34. The second kappa shape index (κ2) is 9.64. The fourth-order valence-corrected chi connectivity index (χ4v) is 3.28. The van der Waals surface area contributed by atoms with Gasteiger partial charge in [-0.05, 0) is 59.2 Å². The van der Waals surface area contributed by atoms with Crippen LogP contribution in [-0.2, 0) is 11.3 Å². The minimum atomic E-state index is -0.0593. The van der Waals surface area contributed by atoms with Gasteiger partial charge in [0.05, 0.1) is 29.4 Å². The highest BCUT2D eigenvalue weighted by molar-refractivity contribution is 6.42. The summed E-state index contributed by atoms with van der Waals surface area (Å²) in [4.78, 5) is 14.4. The molecule has 0 atom stereocenters. The van der Waals surface area contributed by atoms with Crippen molar-refractivity contribution < 1.29 is 9.53 Å². The van der Waals surface area contributed by atoms with Gasteiger partial charge < -0.3 is 9.64 Å². The molecule has 0 saturated carbocycles. The van der Waals surface area contributed by atoms with E-state index in [4.69, 9.17) is 27.9 Å². The first-order chi connectivity index (χ1) is 14.0. The van der Waals surface area contributed by atoms with Gasteiger partial charge in [-0.2, -0.15) is 0 Å². The van der Waals surface area contributed by atoms with Crippen LogP contribution in [0, 0.1) is 0 Å². The van der Waals surface area contributed by atoms with Gasteiger partial charge in [-0.1, -0.05) is 59.6 Å². The summed E-state index contributed by atoms with van der Waals surface area (Å²) in [6.45, 7) is 2.02. The van der Waals surface area contributed by atoms with E-state index in [-0.39, 0.29) is 5.91 Å². The number of methoxy groups -OCH3 is 1. The lowest BCUT2D eigenvalue weighted by atomic mass is 10.1. The molecule has 0 heterocycles. The Bertz CT molecular complexity index is 1010. The zero-order valence-electron chi connectivity index (χ0n) is 16.2. The predicted octanol–water partition coefficient (Wildman–Crippen LogP) is 6.55. The van der Waals surface area contributed by atoms with E-state index in [9.17, 15) is 4.79 Å².